The summed E-state index contributed by atoms with van der Waals surface area (Å²) in [5.41, 5.74) is 2.07. The molecule has 1 unspecified atom stereocenters. The van der Waals surface area contributed by atoms with E-state index in [-0.39, 0.29) is 6.04 Å². The van der Waals surface area contributed by atoms with E-state index in [2.05, 4.69) is 40.3 Å². The Morgan fingerprint density at radius 1 is 1.11 bits per heavy atom. The topological polar surface area (TPSA) is 12.0 Å². The van der Waals surface area contributed by atoms with Gasteiger partial charge in [0, 0.05) is 15.5 Å². The summed E-state index contributed by atoms with van der Waals surface area (Å²) < 4.78 is 1.07. The summed E-state index contributed by atoms with van der Waals surface area (Å²) in [5, 5.41) is 4.64. The molecule has 0 spiro atoms. The second kappa shape index (κ2) is 5.96. The van der Waals surface area contributed by atoms with E-state index >= 15 is 0 Å². The van der Waals surface area contributed by atoms with Gasteiger partial charge in [-0.2, -0.15) is 0 Å². The van der Waals surface area contributed by atoms with Crippen LogP contribution in [0.1, 0.15) is 18.5 Å². The van der Waals surface area contributed by atoms with Crippen LogP contribution in [0.4, 0.5) is 5.69 Å². The molecule has 0 amide bonds. The quantitative estimate of drug-likeness (QED) is 0.727. The van der Waals surface area contributed by atoms with E-state index in [9.17, 15) is 0 Å². The molecule has 2 aromatic carbocycles. The van der Waals surface area contributed by atoms with Gasteiger partial charge in [0.25, 0.3) is 0 Å². The molecule has 18 heavy (non-hydrogen) atoms. The van der Waals surface area contributed by atoms with Gasteiger partial charge in [0.2, 0.25) is 0 Å². The zero-order valence-corrected chi connectivity index (χ0v) is 12.9. The summed E-state index contributed by atoms with van der Waals surface area (Å²) in [6, 6.07) is 13.8. The Kier molecular flexibility index (Phi) is 4.55. The van der Waals surface area contributed by atoms with Gasteiger partial charge in [-0.3, -0.25) is 0 Å². The van der Waals surface area contributed by atoms with Gasteiger partial charge in [0.15, 0.2) is 0 Å². The van der Waals surface area contributed by atoms with Gasteiger partial charge >= 0.3 is 0 Å². The highest BCUT2D eigenvalue weighted by molar-refractivity contribution is 9.10. The van der Waals surface area contributed by atoms with Crippen LogP contribution in [-0.2, 0) is 0 Å². The molecule has 0 fully saturated rings. The third-order valence-corrected chi connectivity index (χ3v) is 3.69. The molecule has 1 N–H and O–H groups in total. The van der Waals surface area contributed by atoms with E-state index in [1.165, 1.54) is 5.56 Å². The number of hydrogen-bond acceptors (Lipinski definition) is 1. The lowest BCUT2D eigenvalue weighted by molar-refractivity contribution is 0.884. The summed E-state index contributed by atoms with van der Waals surface area (Å²) in [7, 11) is 0. The van der Waals surface area contributed by atoms with Gasteiger partial charge in [-0.15, -0.1) is 0 Å². The molecule has 0 saturated heterocycles. The minimum absolute atomic E-state index is 0.168. The van der Waals surface area contributed by atoms with Crippen LogP contribution < -0.4 is 5.32 Å². The highest BCUT2D eigenvalue weighted by Gasteiger charge is 2.08. The molecule has 1 nitrogen and oxygen atoms in total. The van der Waals surface area contributed by atoms with Crippen molar-refractivity contribution >= 4 is 44.8 Å². The maximum atomic E-state index is 6.14. The van der Waals surface area contributed by atoms with Crippen molar-refractivity contribution in [2.45, 2.75) is 13.0 Å². The van der Waals surface area contributed by atoms with E-state index in [0.29, 0.717) is 10.0 Å². The SMILES string of the molecule is CC(Nc1ccc(Cl)cc1Cl)c1cccc(Br)c1. The molecule has 0 aliphatic carbocycles. The van der Waals surface area contributed by atoms with E-state index < -0.39 is 0 Å². The molecule has 0 aliphatic rings. The van der Waals surface area contributed by atoms with Crippen LogP contribution in [0.3, 0.4) is 0 Å². The van der Waals surface area contributed by atoms with Gasteiger partial charge in [0.05, 0.1) is 10.7 Å². The molecule has 0 heterocycles. The minimum Gasteiger partial charge on any atom is -0.377 e. The number of halogens is 3. The molecule has 0 bridgehead atoms. The fourth-order valence-corrected chi connectivity index (χ4v) is 2.58. The van der Waals surface area contributed by atoms with Crippen LogP contribution in [0.2, 0.25) is 10.0 Å². The molecule has 94 valence electrons. The molecule has 2 rings (SSSR count). The first kappa shape index (κ1) is 13.7. The first-order valence-electron chi connectivity index (χ1n) is 5.53. The summed E-state index contributed by atoms with van der Waals surface area (Å²) in [4.78, 5) is 0. The van der Waals surface area contributed by atoms with Crippen LogP contribution in [0.25, 0.3) is 0 Å². The second-order valence-corrected chi connectivity index (χ2v) is 5.80. The molecule has 1 atom stereocenters. The van der Waals surface area contributed by atoms with Crippen LogP contribution >= 0.6 is 39.1 Å². The van der Waals surface area contributed by atoms with E-state index in [0.717, 1.165) is 10.2 Å². The largest absolute Gasteiger partial charge is 0.377 e. The summed E-state index contributed by atoms with van der Waals surface area (Å²) >= 11 is 15.5. The third-order valence-electron chi connectivity index (χ3n) is 2.65. The number of nitrogens with one attached hydrogen (secondary N) is 1. The Bertz CT molecular complexity index is 557. The zero-order valence-electron chi connectivity index (χ0n) is 9.75. The predicted octanol–water partition coefficient (Wildman–Crippen LogP) is 5.93. The van der Waals surface area contributed by atoms with Crippen molar-refractivity contribution in [2.75, 3.05) is 5.32 Å². The van der Waals surface area contributed by atoms with Crippen molar-refractivity contribution in [2.24, 2.45) is 0 Å². The van der Waals surface area contributed by atoms with E-state index in [1.807, 2.05) is 24.3 Å². The van der Waals surface area contributed by atoms with Crippen molar-refractivity contribution in [3.63, 3.8) is 0 Å². The Labute approximate surface area is 125 Å². The summed E-state index contributed by atoms with van der Waals surface area (Å²) in [5.74, 6) is 0. The number of anilines is 1. The third kappa shape index (κ3) is 3.41. The Morgan fingerprint density at radius 2 is 1.89 bits per heavy atom. The molecular formula is C14H12BrCl2N. The minimum atomic E-state index is 0.168. The van der Waals surface area contributed by atoms with Crippen LogP contribution in [0.15, 0.2) is 46.9 Å². The smallest absolute Gasteiger partial charge is 0.0652 e. The van der Waals surface area contributed by atoms with Crippen LogP contribution in [0, 0.1) is 0 Å². The summed E-state index contributed by atoms with van der Waals surface area (Å²) in [6.07, 6.45) is 0. The molecule has 0 saturated carbocycles. The standard InChI is InChI=1S/C14H12BrCl2N/c1-9(10-3-2-4-11(15)7-10)18-14-6-5-12(16)8-13(14)17/h2-9,18H,1H3. The fourth-order valence-electron chi connectivity index (χ4n) is 1.70. The van der Waals surface area contributed by atoms with Crippen LogP contribution in [-0.4, -0.2) is 0 Å². The maximum absolute atomic E-state index is 6.14. The molecule has 0 radical (unpaired) electrons. The van der Waals surface area contributed by atoms with Gasteiger partial charge in [-0.05, 0) is 42.8 Å². The van der Waals surface area contributed by atoms with E-state index in [4.69, 9.17) is 23.2 Å². The Balaban J connectivity index is 2.18. The number of rotatable bonds is 3. The monoisotopic (exact) mass is 343 g/mol. The predicted molar refractivity (Wildman–Crippen MR) is 82.6 cm³/mol. The van der Waals surface area contributed by atoms with Crippen molar-refractivity contribution in [1.82, 2.24) is 0 Å². The van der Waals surface area contributed by atoms with Gasteiger partial charge in [-0.1, -0.05) is 51.3 Å². The fraction of sp³-hybridized carbons (Fsp3) is 0.143. The van der Waals surface area contributed by atoms with Crippen molar-refractivity contribution < 1.29 is 0 Å². The second-order valence-electron chi connectivity index (χ2n) is 4.05. The zero-order chi connectivity index (χ0) is 13.1. The van der Waals surface area contributed by atoms with Crippen molar-refractivity contribution in [1.29, 1.82) is 0 Å². The van der Waals surface area contributed by atoms with Crippen molar-refractivity contribution in [3.05, 3.63) is 62.5 Å². The molecule has 4 heteroatoms. The van der Waals surface area contributed by atoms with Gasteiger partial charge in [-0.25, -0.2) is 0 Å². The molecule has 0 aliphatic heterocycles. The lowest BCUT2D eigenvalue weighted by Crippen LogP contribution is -2.06. The highest BCUT2D eigenvalue weighted by atomic mass is 79.9. The Hall–Kier alpha value is -0.700. The number of benzene rings is 2. The average Bonchev–Trinajstić information content (AvgIpc) is 2.32. The normalized spacial score (nSPS) is 12.2. The van der Waals surface area contributed by atoms with Crippen LogP contribution in [0.5, 0.6) is 0 Å². The lowest BCUT2D eigenvalue weighted by atomic mass is 10.1. The van der Waals surface area contributed by atoms with Crippen molar-refractivity contribution in [3.8, 4) is 0 Å². The number of hydrogen-bond donors (Lipinski definition) is 1. The van der Waals surface area contributed by atoms with E-state index in [1.54, 1.807) is 6.07 Å². The Morgan fingerprint density at radius 3 is 2.56 bits per heavy atom. The summed E-state index contributed by atoms with van der Waals surface area (Å²) in [6.45, 7) is 2.09. The average molecular weight is 345 g/mol. The highest BCUT2D eigenvalue weighted by Crippen LogP contribution is 2.29. The molecular weight excluding hydrogens is 333 g/mol. The van der Waals surface area contributed by atoms with Gasteiger partial charge < -0.3 is 5.32 Å². The lowest BCUT2D eigenvalue weighted by Gasteiger charge is -2.17. The van der Waals surface area contributed by atoms with Gasteiger partial charge in [0.1, 0.15) is 0 Å². The maximum Gasteiger partial charge on any atom is 0.0652 e. The first-order valence-corrected chi connectivity index (χ1v) is 7.08. The molecule has 2 aromatic rings. The molecule has 0 aromatic heterocycles. The first-order chi connectivity index (χ1) is 8.56.